The van der Waals surface area contributed by atoms with Gasteiger partial charge in [0.15, 0.2) is 0 Å². The predicted octanol–water partition coefficient (Wildman–Crippen LogP) is 2.03. The van der Waals surface area contributed by atoms with E-state index in [1.165, 1.54) is 18.2 Å². The molecular formula is C16H22N2O5. The Hall–Kier alpha value is -2.57. The molecule has 0 saturated carbocycles. The third kappa shape index (κ3) is 6.37. The topological polar surface area (TPSA) is 105 Å². The van der Waals surface area contributed by atoms with Crippen molar-refractivity contribution in [2.24, 2.45) is 0 Å². The molecular weight excluding hydrogens is 300 g/mol. The van der Waals surface area contributed by atoms with Gasteiger partial charge in [-0.05, 0) is 38.5 Å². The highest BCUT2D eigenvalue weighted by Crippen LogP contribution is 2.27. The summed E-state index contributed by atoms with van der Waals surface area (Å²) in [5, 5.41) is 14.1. The summed E-state index contributed by atoms with van der Waals surface area (Å²) in [5.74, 6) is -1.39. The summed E-state index contributed by atoms with van der Waals surface area (Å²) in [4.78, 5) is 34.3. The molecule has 0 fully saturated rings. The van der Waals surface area contributed by atoms with Gasteiger partial charge in [0.05, 0.1) is 23.9 Å². The number of benzene rings is 1. The van der Waals surface area contributed by atoms with Gasteiger partial charge in [0.2, 0.25) is 11.8 Å². The standard InChI is InChI=1S/C16H22N2O5/c1-4-5-14(19)17-9-15(20)18-12-8-11(16(21)22)6-7-13(12)23-10(2)3/h6-8,10H,4-5,9H2,1-3H3,(H,17,19)(H,18,20)(H,21,22). The second-order valence-electron chi connectivity index (χ2n) is 5.26. The SMILES string of the molecule is CCCC(=O)NCC(=O)Nc1cc(C(=O)O)ccc1OC(C)C. The van der Waals surface area contributed by atoms with E-state index in [-0.39, 0.29) is 29.8 Å². The number of amides is 2. The number of ether oxygens (including phenoxy) is 1. The second-order valence-corrected chi connectivity index (χ2v) is 5.26. The maximum absolute atomic E-state index is 11.9. The summed E-state index contributed by atoms with van der Waals surface area (Å²) in [7, 11) is 0. The van der Waals surface area contributed by atoms with Crippen molar-refractivity contribution in [3.8, 4) is 5.75 Å². The molecule has 0 aliphatic rings. The van der Waals surface area contributed by atoms with Gasteiger partial charge >= 0.3 is 5.97 Å². The Morgan fingerprint density at radius 2 is 1.91 bits per heavy atom. The van der Waals surface area contributed by atoms with Gasteiger partial charge in [-0.1, -0.05) is 6.92 Å². The first-order chi connectivity index (χ1) is 10.8. The third-order valence-electron chi connectivity index (χ3n) is 2.79. The lowest BCUT2D eigenvalue weighted by Gasteiger charge is -2.15. The Balaban J connectivity index is 2.82. The van der Waals surface area contributed by atoms with Crippen LogP contribution in [0.2, 0.25) is 0 Å². The van der Waals surface area contributed by atoms with Crippen molar-refractivity contribution in [3.63, 3.8) is 0 Å². The molecule has 1 aromatic carbocycles. The summed E-state index contributed by atoms with van der Waals surface area (Å²) < 4.78 is 5.55. The number of carboxylic acid groups (broad SMARTS) is 1. The van der Waals surface area contributed by atoms with Gasteiger partial charge in [-0.2, -0.15) is 0 Å². The highest BCUT2D eigenvalue weighted by Gasteiger charge is 2.13. The van der Waals surface area contributed by atoms with Crippen molar-refractivity contribution in [3.05, 3.63) is 23.8 Å². The van der Waals surface area contributed by atoms with Crippen LogP contribution >= 0.6 is 0 Å². The van der Waals surface area contributed by atoms with Gasteiger partial charge in [-0.15, -0.1) is 0 Å². The number of rotatable bonds is 8. The van der Waals surface area contributed by atoms with E-state index in [0.29, 0.717) is 18.6 Å². The first kappa shape index (κ1) is 18.5. The molecule has 0 aliphatic carbocycles. The van der Waals surface area contributed by atoms with E-state index in [4.69, 9.17) is 9.84 Å². The summed E-state index contributed by atoms with van der Waals surface area (Å²) >= 11 is 0. The van der Waals surface area contributed by atoms with Crippen molar-refractivity contribution >= 4 is 23.5 Å². The molecule has 1 aromatic rings. The highest BCUT2D eigenvalue weighted by molar-refractivity contribution is 5.97. The van der Waals surface area contributed by atoms with Crippen LogP contribution in [-0.2, 0) is 9.59 Å². The lowest BCUT2D eigenvalue weighted by molar-refractivity contribution is -0.124. The molecule has 23 heavy (non-hydrogen) atoms. The molecule has 3 N–H and O–H groups in total. The van der Waals surface area contributed by atoms with E-state index < -0.39 is 11.9 Å². The maximum Gasteiger partial charge on any atom is 0.335 e. The van der Waals surface area contributed by atoms with Crippen LogP contribution in [0, 0.1) is 0 Å². The molecule has 0 unspecified atom stereocenters. The number of carbonyl (C=O) groups is 3. The molecule has 7 heteroatoms. The van der Waals surface area contributed by atoms with Gasteiger partial charge in [0.1, 0.15) is 5.75 Å². The first-order valence-electron chi connectivity index (χ1n) is 7.44. The van der Waals surface area contributed by atoms with E-state index in [0.717, 1.165) is 0 Å². The zero-order valence-electron chi connectivity index (χ0n) is 13.5. The molecule has 2 amide bonds. The highest BCUT2D eigenvalue weighted by atomic mass is 16.5. The van der Waals surface area contributed by atoms with Gasteiger partial charge in [-0.3, -0.25) is 9.59 Å². The van der Waals surface area contributed by atoms with Crippen LogP contribution in [0.3, 0.4) is 0 Å². The van der Waals surface area contributed by atoms with Crippen LogP contribution in [0.25, 0.3) is 0 Å². The van der Waals surface area contributed by atoms with Crippen LogP contribution in [0.4, 0.5) is 5.69 Å². The van der Waals surface area contributed by atoms with Gasteiger partial charge in [-0.25, -0.2) is 4.79 Å². The molecule has 7 nitrogen and oxygen atoms in total. The van der Waals surface area contributed by atoms with Crippen molar-refractivity contribution in [2.45, 2.75) is 39.7 Å². The lowest BCUT2D eigenvalue weighted by Crippen LogP contribution is -2.32. The van der Waals surface area contributed by atoms with E-state index in [2.05, 4.69) is 10.6 Å². The first-order valence-corrected chi connectivity index (χ1v) is 7.44. The largest absolute Gasteiger partial charge is 0.489 e. The summed E-state index contributed by atoms with van der Waals surface area (Å²) in [6.45, 7) is 5.33. The molecule has 0 aliphatic heterocycles. The summed E-state index contributed by atoms with van der Waals surface area (Å²) in [6, 6.07) is 4.22. The van der Waals surface area contributed by atoms with Crippen LogP contribution < -0.4 is 15.4 Å². The van der Waals surface area contributed by atoms with Crippen LogP contribution in [0.15, 0.2) is 18.2 Å². The lowest BCUT2D eigenvalue weighted by atomic mass is 10.2. The third-order valence-corrected chi connectivity index (χ3v) is 2.79. The normalized spacial score (nSPS) is 10.3. The van der Waals surface area contributed by atoms with E-state index >= 15 is 0 Å². The number of hydrogen-bond donors (Lipinski definition) is 3. The van der Waals surface area contributed by atoms with Crippen LogP contribution in [0.1, 0.15) is 44.0 Å². The minimum Gasteiger partial charge on any atom is -0.489 e. The average molecular weight is 322 g/mol. The van der Waals surface area contributed by atoms with Crippen molar-refractivity contribution < 1.29 is 24.2 Å². The van der Waals surface area contributed by atoms with Crippen LogP contribution in [-0.4, -0.2) is 35.5 Å². The number of anilines is 1. The fraction of sp³-hybridized carbons (Fsp3) is 0.438. The summed E-state index contributed by atoms with van der Waals surface area (Å²) in [5.41, 5.74) is 0.291. The molecule has 0 spiro atoms. The fourth-order valence-electron chi connectivity index (χ4n) is 1.81. The van der Waals surface area contributed by atoms with Crippen molar-refractivity contribution in [2.75, 3.05) is 11.9 Å². The Labute approximate surface area is 135 Å². The number of carbonyl (C=O) groups excluding carboxylic acids is 2. The smallest absolute Gasteiger partial charge is 0.335 e. The van der Waals surface area contributed by atoms with E-state index in [9.17, 15) is 14.4 Å². The average Bonchev–Trinajstić information content (AvgIpc) is 2.46. The molecule has 0 heterocycles. The number of nitrogens with one attached hydrogen (secondary N) is 2. The van der Waals surface area contributed by atoms with Gasteiger partial charge in [0, 0.05) is 6.42 Å². The fourth-order valence-corrected chi connectivity index (χ4v) is 1.81. The number of hydrogen-bond acceptors (Lipinski definition) is 4. The molecule has 0 aromatic heterocycles. The Bertz CT molecular complexity index is 584. The zero-order chi connectivity index (χ0) is 17.4. The maximum atomic E-state index is 11.9. The van der Waals surface area contributed by atoms with Crippen molar-refractivity contribution in [1.82, 2.24) is 5.32 Å². The van der Waals surface area contributed by atoms with Crippen molar-refractivity contribution in [1.29, 1.82) is 0 Å². The summed E-state index contributed by atoms with van der Waals surface area (Å²) in [6.07, 6.45) is 0.912. The molecule has 0 saturated heterocycles. The Morgan fingerprint density at radius 3 is 2.48 bits per heavy atom. The van der Waals surface area contributed by atoms with E-state index in [1.54, 1.807) is 0 Å². The molecule has 1 rings (SSSR count). The van der Waals surface area contributed by atoms with E-state index in [1.807, 2.05) is 20.8 Å². The Morgan fingerprint density at radius 1 is 1.22 bits per heavy atom. The predicted molar refractivity (Wildman–Crippen MR) is 85.7 cm³/mol. The monoisotopic (exact) mass is 322 g/mol. The minimum absolute atomic E-state index is 0.0337. The van der Waals surface area contributed by atoms with Gasteiger partial charge in [0.25, 0.3) is 0 Å². The molecule has 0 bridgehead atoms. The molecule has 126 valence electrons. The molecule has 0 atom stereocenters. The number of aromatic carboxylic acids is 1. The Kier molecular flexibility index (Phi) is 7.05. The quantitative estimate of drug-likeness (QED) is 0.679. The van der Waals surface area contributed by atoms with Crippen LogP contribution in [0.5, 0.6) is 5.75 Å². The van der Waals surface area contributed by atoms with Gasteiger partial charge < -0.3 is 20.5 Å². The molecule has 0 radical (unpaired) electrons. The second kappa shape index (κ2) is 8.77. The minimum atomic E-state index is -1.10. The number of carboxylic acids is 1. The zero-order valence-corrected chi connectivity index (χ0v) is 13.5.